The zero-order valence-corrected chi connectivity index (χ0v) is 13.2. The molecule has 2 heterocycles. The lowest BCUT2D eigenvalue weighted by molar-refractivity contribution is 0.415. The van der Waals surface area contributed by atoms with Crippen LogP contribution in [0.15, 0.2) is 36.4 Å². The van der Waals surface area contributed by atoms with Crippen LogP contribution in [-0.4, -0.2) is 26.2 Å². The van der Waals surface area contributed by atoms with Crippen molar-refractivity contribution >= 4 is 5.69 Å². The monoisotopic (exact) mass is 312 g/mol. The molecule has 2 aliphatic rings. The quantitative estimate of drug-likeness (QED) is 0.886. The molecule has 4 rings (SSSR count). The molecule has 0 spiro atoms. The molecular formula is C19H21FN2O. The van der Waals surface area contributed by atoms with Gasteiger partial charge >= 0.3 is 0 Å². The van der Waals surface area contributed by atoms with Crippen LogP contribution in [0.3, 0.4) is 0 Å². The molecule has 2 aromatic rings. The third-order valence-electron chi connectivity index (χ3n) is 5.02. The van der Waals surface area contributed by atoms with E-state index in [1.54, 1.807) is 19.2 Å². The van der Waals surface area contributed by atoms with Crippen LogP contribution in [0.5, 0.6) is 5.75 Å². The molecular weight excluding hydrogens is 291 g/mol. The molecule has 2 aliphatic heterocycles. The van der Waals surface area contributed by atoms with Gasteiger partial charge in [0.1, 0.15) is 11.6 Å². The normalized spacial score (nSPS) is 22.7. The zero-order chi connectivity index (χ0) is 15.8. The lowest BCUT2D eigenvalue weighted by Crippen LogP contribution is -2.21. The molecule has 0 bridgehead atoms. The van der Waals surface area contributed by atoms with Crippen molar-refractivity contribution in [1.82, 2.24) is 5.32 Å². The molecule has 0 unspecified atom stereocenters. The van der Waals surface area contributed by atoms with Crippen LogP contribution in [0.25, 0.3) is 11.1 Å². The summed E-state index contributed by atoms with van der Waals surface area (Å²) < 4.78 is 19.3. The number of halogens is 1. The van der Waals surface area contributed by atoms with Gasteiger partial charge in [-0.15, -0.1) is 0 Å². The van der Waals surface area contributed by atoms with Gasteiger partial charge in [-0.3, -0.25) is 0 Å². The van der Waals surface area contributed by atoms with Crippen LogP contribution < -0.4 is 15.4 Å². The van der Waals surface area contributed by atoms with Gasteiger partial charge in [-0.25, -0.2) is 4.39 Å². The highest BCUT2D eigenvalue weighted by molar-refractivity contribution is 5.81. The van der Waals surface area contributed by atoms with Crippen molar-refractivity contribution in [3.63, 3.8) is 0 Å². The molecule has 2 N–H and O–H groups in total. The number of nitrogens with one attached hydrogen (secondary N) is 2. The second-order valence-electron chi connectivity index (χ2n) is 6.30. The summed E-state index contributed by atoms with van der Waals surface area (Å²) in [6.45, 7) is 2.07. The first kappa shape index (κ1) is 14.5. The molecule has 2 atom stereocenters. The summed E-state index contributed by atoms with van der Waals surface area (Å²) >= 11 is 0. The summed E-state index contributed by atoms with van der Waals surface area (Å²) in [7, 11) is 1.64. The van der Waals surface area contributed by atoms with E-state index < -0.39 is 0 Å². The Morgan fingerprint density at radius 3 is 2.83 bits per heavy atom. The van der Waals surface area contributed by atoms with Gasteiger partial charge < -0.3 is 15.4 Å². The predicted octanol–water partition coefficient (Wildman–Crippen LogP) is 3.76. The van der Waals surface area contributed by atoms with E-state index in [0.29, 0.717) is 12.0 Å². The van der Waals surface area contributed by atoms with E-state index >= 15 is 0 Å². The summed E-state index contributed by atoms with van der Waals surface area (Å²) in [5, 5.41) is 7.14. The van der Waals surface area contributed by atoms with Gasteiger partial charge in [-0.05, 0) is 61.3 Å². The van der Waals surface area contributed by atoms with Gasteiger partial charge in [0.25, 0.3) is 0 Å². The van der Waals surface area contributed by atoms with Gasteiger partial charge in [-0.1, -0.05) is 12.1 Å². The molecule has 0 aromatic heterocycles. The minimum absolute atomic E-state index is 0.233. The number of fused-ring (bicyclic) bond motifs is 3. The van der Waals surface area contributed by atoms with Gasteiger partial charge in [-0.2, -0.15) is 0 Å². The van der Waals surface area contributed by atoms with E-state index in [2.05, 4.69) is 22.8 Å². The van der Waals surface area contributed by atoms with Crippen molar-refractivity contribution in [3.05, 3.63) is 47.8 Å². The van der Waals surface area contributed by atoms with E-state index in [0.717, 1.165) is 42.8 Å². The maximum atomic E-state index is 13.8. The third-order valence-corrected chi connectivity index (χ3v) is 5.02. The Morgan fingerprint density at radius 2 is 1.96 bits per heavy atom. The van der Waals surface area contributed by atoms with Crippen molar-refractivity contribution in [2.75, 3.05) is 25.5 Å². The smallest absolute Gasteiger partial charge is 0.126 e. The van der Waals surface area contributed by atoms with Gasteiger partial charge in [0.05, 0.1) is 7.11 Å². The van der Waals surface area contributed by atoms with Crippen LogP contribution >= 0.6 is 0 Å². The SMILES string of the molecule is COc1ccc(F)cc1-c1cccc2c1[C@H]1CCNCC[C@@H]1N2. The summed E-state index contributed by atoms with van der Waals surface area (Å²) in [5.41, 5.74) is 4.42. The molecule has 0 amide bonds. The Balaban J connectivity index is 1.87. The highest BCUT2D eigenvalue weighted by atomic mass is 19.1. The van der Waals surface area contributed by atoms with E-state index in [-0.39, 0.29) is 5.82 Å². The van der Waals surface area contributed by atoms with Crippen molar-refractivity contribution in [2.24, 2.45) is 0 Å². The molecule has 0 aliphatic carbocycles. The van der Waals surface area contributed by atoms with E-state index in [1.807, 2.05) is 6.07 Å². The van der Waals surface area contributed by atoms with Gasteiger partial charge in [0, 0.05) is 23.2 Å². The molecule has 4 heteroatoms. The van der Waals surface area contributed by atoms with E-state index in [4.69, 9.17) is 4.74 Å². The second kappa shape index (κ2) is 5.85. The Morgan fingerprint density at radius 1 is 1.09 bits per heavy atom. The summed E-state index contributed by atoms with van der Waals surface area (Å²) in [4.78, 5) is 0. The van der Waals surface area contributed by atoms with Crippen LogP contribution in [0.2, 0.25) is 0 Å². The first-order chi connectivity index (χ1) is 11.3. The summed E-state index contributed by atoms with van der Waals surface area (Å²) in [6, 6.07) is 11.4. The predicted molar refractivity (Wildman–Crippen MR) is 90.6 cm³/mol. The van der Waals surface area contributed by atoms with Crippen molar-refractivity contribution < 1.29 is 9.13 Å². The van der Waals surface area contributed by atoms with Crippen LogP contribution in [0.1, 0.15) is 24.3 Å². The number of ether oxygens (including phenoxy) is 1. The fourth-order valence-electron chi connectivity index (χ4n) is 3.98. The Bertz CT molecular complexity index is 731. The van der Waals surface area contributed by atoms with E-state index in [1.165, 1.54) is 17.3 Å². The Hall–Kier alpha value is -2.07. The number of hydrogen-bond acceptors (Lipinski definition) is 3. The average Bonchev–Trinajstić information content (AvgIpc) is 2.76. The highest BCUT2D eigenvalue weighted by Crippen LogP contribution is 2.47. The minimum atomic E-state index is -0.233. The molecule has 120 valence electrons. The fraction of sp³-hybridized carbons (Fsp3) is 0.368. The van der Waals surface area contributed by atoms with Crippen molar-refractivity contribution in [3.8, 4) is 16.9 Å². The fourth-order valence-corrected chi connectivity index (χ4v) is 3.98. The molecule has 0 saturated carbocycles. The lowest BCUT2D eigenvalue weighted by Gasteiger charge is -2.19. The number of methoxy groups -OCH3 is 1. The zero-order valence-electron chi connectivity index (χ0n) is 13.2. The first-order valence-corrected chi connectivity index (χ1v) is 8.22. The molecule has 2 aromatic carbocycles. The standard InChI is InChI=1S/C19H21FN2O/c1-23-18-6-5-12(20)11-15(18)13-3-2-4-17-19(13)14-7-9-21-10-8-16(14)22-17/h2-6,11,14,16,21-22H,7-10H2,1H3/t14-,16-/m0/s1. The molecule has 1 saturated heterocycles. The topological polar surface area (TPSA) is 33.3 Å². The molecule has 23 heavy (non-hydrogen) atoms. The Kier molecular flexibility index (Phi) is 3.69. The first-order valence-electron chi connectivity index (χ1n) is 8.22. The lowest BCUT2D eigenvalue weighted by atomic mass is 9.85. The minimum Gasteiger partial charge on any atom is -0.496 e. The van der Waals surface area contributed by atoms with Crippen molar-refractivity contribution in [1.29, 1.82) is 0 Å². The second-order valence-corrected chi connectivity index (χ2v) is 6.30. The Labute approximate surface area is 135 Å². The number of rotatable bonds is 2. The van der Waals surface area contributed by atoms with Gasteiger partial charge in [0.15, 0.2) is 0 Å². The molecule has 1 fully saturated rings. The number of benzene rings is 2. The highest BCUT2D eigenvalue weighted by Gasteiger charge is 2.35. The van der Waals surface area contributed by atoms with Crippen molar-refractivity contribution in [2.45, 2.75) is 24.8 Å². The third kappa shape index (κ3) is 2.47. The van der Waals surface area contributed by atoms with Gasteiger partial charge in [0.2, 0.25) is 0 Å². The van der Waals surface area contributed by atoms with E-state index in [9.17, 15) is 4.39 Å². The maximum absolute atomic E-state index is 13.8. The summed E-state index contributed by atoms with van der Waals surface area (Å²) in [5.74, 6) is 0.947. The average molecular weight is 312 g/mol. The number of anilines is 1. The van der Waals surface area contributed by atoms with Crippen LogP contribution in [0, 0.1) is 5.82 Å². The summed E-state index contributed by atoms with van der Waals surface area (Å²) in [6.07, 6.45) is 2.21. The molecule has 0 radical (unpaired) electrons. The molecule has 3 nitrogen and oxygen atoms in total. The number of hydrogen-bond donors (Lipinski definition) is 2. The van der Waals surface area contributed by atoms with Crippen LogP contribution in [-0.2, 0) is 0 Å². The largest absolute Gasteiger partial charge is 0.496 e. The van der Waals surface area contributed by atoms with Crippen LogP contribution in [0.4, 0.5) is 10.1 Å². The maximum Gasteiger partial charge on any atom is 0.126 e.